The summed E-state index contributed by atoms with van der Waals surface area (Å²) in [6, 6.07) is 7.29. The molecule has 1 aromatic carbocycles. The third-order valence-electron chi connectivity index (χ3n) is 5.00. The number of likely N-dealkylation sites (tertiary alicyclic amines) is 1. The molecule has 3 rings (SSSR count). The molecule has 0 aromatic heterocycles. The fraction of sp³-hybridized carbons (Fsp3) is 0.588. The third kappa shape index (κ3) is 3.67. The van der Waals surface area contributed by atoms with E-state index in [2.05, 4.69) is 39.0 Å². The van der Waals surface area contributed by atoms with Crippen molar-refractivity contribution in [2.75, 3.05) is 13.1 Å². The lowest BCUT2D eigenvalue weighted by molar-refractivity contribution is -0.138. The predicted octanol–water partition coefficient (Wildman–Crippen LogP) is 3.49. The van der Waals surface area contributed by atoms with E-state index in [-0.39, 0.29) is 0 Å². The highest BCUT2D eigenvalue weighted by atomic mass is 79.9. The molecule has 1 aromatic rings. The number of carbonyl (C=O) groups is 1. The van der Waals surface area contributed by atoms with Gasteiger partial charge in [0, 0.05) is 16.9 Å². The standard InChI is InChI=1S/C17H22BrNO2/c18-15-3-1-14-11-16(4-2-13(14)10-15)19-7-5-12(6-8-19)9-17(20)21/h1,3,10,12,16H,2,4-9,11H2,(H,20,21). The zero-order valence-electron chi connectivity index (χ0n) is 12.2. The summed E-state index contributed by atoms with van der Waals surface area (Å²) in [6.07, 6.45) is 5.95. The van der Waals surface area contributed by atoms with E-state index in [1.54, 1.807) is 0 Å². The number of carboxylic acid groups (broad SMARTS) is 1. The number of nitrogens with zero attached hydrogens (tertiary/aromatic N) is 1. The van der Waals surface area contributed by atoms with Crippen LogP contribution in [0.4, 0.5) is 0 Å². The summed E-state index contributed by atoms with van der Waals surface area (Å²) in [5.74, 6) is -0.267. The SMILES string of the molecule is O=C(O)CC1CCN(C2CCc3cc(Br)ccc3C2)CC1. The van der Waals surface area contributed by atoms with Gasteiger partial charge in [0.05, 0.1) is 0 Å². The Hall–Kier alpha value is -0.870. The average Bonchev–Trinajstić information content (AvgIpc) is 2.47. The van der Waals surface area contributed by atoms with E-state index >= 15 is 0 Å². The molecule has 1 aliphatic carbocycles. The zero-order valence-corrected chi connectivity index (χ0v) is 13.8. The topological polar surface area (TPSA) is 40.5 Å². The minimum Gasteiger partial charge on any atom is -0.481 e. The number of carboxylic acids is 1. The lowest BCUT2D eigenvalue weighted by Gasteiger charge is -2.39. The lowest BCUT2D eigenvalue weighted by Crippen LogP contribution is -2.44. The van der Waals surface area contributed by atoms with Gasteiger partial charge in [-0.3, -0.25) is 4.79 Å². The fourth-order valence-electron chi connectivity index (χ4n) is 3.79. The van der Waals surface area contributed by atoms with Gasteiger partial charge >= 0.3 is 5.97 Å². The largest absolute Gasteiger partial charge is 0.481 e. The van der Waals surface area contributed by atoms with Crippen molar-refractivity contribution in [2.45, 2.75) is 44.6 Å². The Labute approximate surface area is 134 Å². The van der Waals surface area contributed by atoms with Crippen molar-refractivity contribution < 1.29 is 9.90 Å². The number of aryl methyl sites for hydroxylation is 1. The predicted molar refractivity (Wildman–Crippen MR) is 86.5 cm³/mol. The Kier molecular flexibility index (Phi) is 4.65. The van der Waals surface area contributed by atoms with Crippen LogP contribution >= 0.6 is 15.9 Å². The van der Waals surface area contributed by atoms with E-state index in [1.807, 2.05) is 0 Å². The van der Waals surface area contributed by atoms with Crippen LogP contribution in [0.2, 0.25) is 0 Å². The van der Waals surface area contributed by atoms with Crippen LogP contribution in [-0.4, -0.2) is 35.1 Å². The fourth-order valence-corrected chi connectivity index (χ4v) is 4.19. The van der Waals surface area contributed by atoms with Crippen molar-refractivity contribution in [2.24, 2.45) is 5.92 Å². The van der Waals surface area contributed by atoms with Gasteiger partial charge in [0.15, 0.2) is 0 Å². The quantitative estimate of drug-likeness (QED) is 0.905. The van der Waals surface area contributed by atoms with Crippen molar-refractivity contribution in [1.82, 2.24) is 4.90 Å². The monoisotopic (exact) mass is 351 g/mol. The molecule has 1 atom stereocenters. The van der Waals surface area contributed by atoms with Crippen LogP contribution in [-0.2, 0) is 17.6 Å². The van der Waals surface area contributed by atoms with Gasteiger partial charge in [-0.25, -0.2) is 0 Å². The molecule has 0 spiro atoms. The Morgan fingerprint density at radius 1 is 1.24 bits per heavy atom. The van der Waals surface area contributed by atoms with Gasteiger partial charge in [-0.15, -0.1) is 0 Å². The summed E-state index contributed by atoms with van der Waals surface area (Å²) in [5, 5.41) is 8.89. The maximum atomic E-state index is 10.8. The first kappa shape index (κ1) is 15.0. The first-order valence-corrected chi connectivity index (χ1v) is 8.64. The smallest absolute Gasteiger partial charge is 0.303 e. The van der Waals surface area contributed by atoms with E-state index in [0.717, 1.165) is 38.8 Å². The van der Waals surface area contributed by atoms with Crippen molar-refractivity contribution in [3.63, 3.8) is 0 Å². The van der Waals surface area contributed by atoms with E-state index in [4.69, 9.17) is 5.11 Å². The summed E-state index contributed by atoms with van der Waals surface area (Å²) >= 11 is 3.55. The van der Waals surface area contributed by atoms with Crippen molar-refractivity contribution >= 4 is 21.9 Å². The summed E-state index contributed by atoms with van der Waals surface area (Å²) in [4.78, 5) is 13.4. The number of benzene rings is 1. The van der Waals surface area contributed by atoms with Crippen LogP contribution in [0.1, 0.15) is 36.8 Å². The Balaban J connectivity index is 1.58. The first-order valence-electron chi connectivity index (χ1n) is 7.85. The minimum atomic E-state index is -0.648. The van der Waals surface area contributed by atoms with E-state index in [0.29, 0.717) is 18.4 Å². The number of fused-ring (bicyclic) bond motifs is 1. The molecule has 1 saturated heterocycles. The first-order chi connectivity index (χ1) is 10.1. The summed E-state index contributed by atoms with van der Waals surface area (Å²) in [5.41, 5.74) is 2.98. The van der Waals surface area contributed by atoms with Crippen molar-refractivity contribution in [3.05, 3.63) is 33.8 Å². The summed E-state index contributed by atoms with van der Waals surface area (Å²) in [6.45, 7) is 2.13. The normalized spacial score (nSPS) is 23.8. The molecular weight excluding hydrogens is 330 g/mol. The molecule has 4 heteroatoms. The van der Waals surface area contributed by atoms with Gasteiger partial charge < -0.3 is 10.0 Å². The second kappa shape index (κ2) is 6.49. The van der Waals surface area contributed by atoms with Crippen molar-refractivity contribution in [1.29, 1.82) is 0 Å². The molecule has 1 N–H and O–H groups in total. The molecule has 1 heterocycles. The number of hydrogen-bond donors (Lipinski definition) is 1. The summed E-state index contributed by atoms with van der Waals surface area (Å²) < 4.78 is 1.18. The van der Waals surface area contributed by atoms with E-state index < -0.39 is 5.97 Å². The number of halogens is 1. The average molecular weight is 352 g/mol. The maximum absolute atomic E-state index is 10.8. The number of hydrogen-bond acceptors (Lipinski definition) is 2. The minimum absolute atomic E-state index is 0.343. The molecule has 0 saturated carbocycles. The van der Waals surface area contributed by atoms with Crippen LogP contribution < -0.4 is 0 Å². The molecule has 1 unspecified atom stereocenters. The Morgan fingerprint density at radius 3 is 2.71 bits per heavy atom. The lowest BCUT2D eigenvalue weighted by atomic mass is 9.85. The number of piperidine rings is 1. The van der Waals surface area contributed by atoms with Crippen LogP contribution in [0.5, 0.6) is 0 Å². The van der Waals surface area contributed by atoms with E-state index in [1.165, 1.54) is 22.0 Å². The van der Waals surface area contributed by atoms with Crippen molar-refractivity contribution in [3.8, 4) is 0 Å². The number of aliphatic carboxylic acids is 1. The molecule has 3 nitrogen and oxygen atoms in total. The van der Waals surface area contributed by atoms with Gasteiger partial charge in [-0.1, -0.05) is 22.0 Å². The second-order valence-electron chi connectivity index (χ2n) is 6.39. The second-order valence-corrected chi connectivity index (χ2v) is 7.30. The van der Waals surface area contributed by atoms with Crippen LogP contribution in [0.15, 0.2) is 22.7 Å². The van der Waals surface area contributed by atoms with Crippen LogP contribution in [0.3, 0.4) is 0 Å². The Morgan fingerprint density at radius 2 is 2.00 bits per heavy atom. The molecule has 0 amide bonds. The van der Waals surface area contributed by atoms with Gasteiger partial charge in [0.25, 0.3) is 0 Å². The summed E-state index contributed by atoms with van der Waals surface area (Å²) in [7, 11) is 0. The molecule has 2 aliphatic rings. The molecular formula is C17H22BrNO2. The van der Waals surface area contributed by atoms with Gasteiger partial charge in [-0.05, 0) is 74.4 Å². The van der Waals surface area contributed by atoms with Gasteiger partial charge in [-0.2, -0.15) is 0 Å². The van der Waals surface area contributed by atoms with E-state index in [9.17, 15) is 4.79 Å². The maximum Gasteiger partial charge on any atom is 0.303 e. The van der Waals surface area contributed by atoms with Crippen LogP contribution in [0.25, 0.3) is 0 Å². The zero-order chi connectivity index (χ0) is 14.8. The molecule has 1 fully saturated rings. The number of rotatable bonds is 3. The molecule has 114 valence electrons. The molecule has 0 radical (unpaired) electrons. The van der Waals surface area contributed by atoms with Gasteiger partial charge in [0.2, 0.25) is 0 Å². The highest BCUT2D eigenvalue weighted by molar-refractivity contribution is 9.10. The van der Waals surface area contributed by atoms with Crippen LogP contribution in [0, 0.1) is 5.92 Å². The highest BCUT2D eigenvalue weighted by Crippen LogP contribution is 2.30. The molecule has 0 bridgehead atoms. The Bertz CT molecular complexity index is 524. The van der Waals surface area contributed by atoms with Gasteiger partial charge in [0.1, 0.15) is 0 Å². The third-order valence-corrected chi connectivity index (χ3v) is 5.49. The molecule has 21 heavy (non-hydrogen) atoms. The highest BCUT2D eigenvalue weighted by Gasteiger charge is 2.28. The molecule has 1 aliphatic heterocycles.